The summed E-state index contributed by atoms with van der Waals surface area (Å²) in [5, 5.41) is 12.3. The van der Waals surface area contributed by atoms with Crippen molar-refractivity contribution in [2.24, 2.45) is 0 Å². The number of ether oxygens (including phenoxy) is 1. The molecule has 146 valence electrons. The fourth-order valence-electron chi connectivity index (χ4n) is 3.16. The zero-order valence-electron chi connectivity index (χ0n) is 15.8. The van der Waals surface area contributed by atoms with Crippen LogP contribution in [0.1, 0.15) is 41.1 Å². The summed E-state index contributed by atoms with van der Waals surface area (Å²) in [5.74, 6) is 0.876. The van der Waals surface area contributed by atoms with Gasteiger partial charge in [-0.05, 0) is 42.1 Å². The fraction of sp³-hybridized carbons (Fsp3) is 0.476. The largest absolute Gasteiger partial charge is 0.494 e. The summed E-state index contributed by atoms with van der Waals surface area (Å²) in [7, 11) is 0. The SMILES string of the molecule is CCCCOc1ccc(C(=O)N2CCN(CC(O)c3cccs3)CC2)cc1. The number of aliphatic hydroxyl groups excluding tert-OH is 1. The van der Waals surface area contributed by atoms with Gasteiger partial charge in [-0.1, -0.05) is 19.4 Å². The molecule has 1 amide bonds. The molecule has 1 saturated heterocycles. The minimum absolute atomic E-state index is 0.0635. The predicted octanol–water partition coefficient (Wildman–Crippen LogP) is 3.42. The van der Waals surface area contributed by atoms with Crippen LogP contribution in [0.5, 0.6) is 5.75 Å². The Morgan fingerprint density at radius 3 is 2.56 bits per heavy atom. The number of hydrogen-bond donors (Lipinski definition) is 1. The maximum absolute atomic E-state index is 12.7. The van der Waals surface area contributed by atoms with Gasteiger partial charge in [0.15, 0.2) is 0 Å². The third-order valence-electron chi connectivity index (χ3n) is 4.83. The van der Waals surface area contributed by atoms with Crippen molar-refractivity contribution in [2.45, 2.75) is 25.9 Å². The molecule has 1 aromatic heterocycles. The monoisotopic (exact) mass is 388 g/mol. The number of piperazine rings is 1. The van der Waals surface area contributed by atoms with Crippen molar-refractivity contribution in [2.75, 3.05) is 39.3 Å². The Morgan fingerprint density at radius 1 is 1.19 bits per heavy atom. The van der Waals surface area contributed by atoms with E-state index in [0.29, 0.717) is 31.8 Å². The van der Waals surface area contributed by atoms with E-state index >= 15 is 0 Å². The van der Waals surface area contributed by atoms with Gasteiger partial charge in [0.05, 0.1) is 6.61 Å². The van der Waals surface area contributed by atoms with Crippen LogP contribution in [0.3, 0.4) is 0 Å². The van der Waals surface area contributed by atoms with Gasteiger partial charge in [0.25, 0.3) is 5.91 Å². The van der Waals surface area contributed by atoms with Gasteiger partial charge in [-0.25, -0.2) is 0 Å². The Morgan fingerprint density at radius 2 is 1.93 bits per heavy atom. The molecule has 3 rings (SSSR count). The minimum Gasteiger partial charge on any atom is -0.494 e. The number of nitrogens with zero attached hydrogens (tertiary/aromatic N) is 2. The third kappa shape index (κ3) is 5.54. The first kappa shape index (κ1) is 19.9. The van der Waals surface area contributed by atoms with E-state index in [2.05, 4.69) is 11.8 Å². The molecule has 2 aromatic rings. The van der Waals surface area contributed by atoms with E-state index in [-0.39, 0.29) is 5.91 Å². The molecule has 0 bridgehead atoms. The highest BCUT2D eigenvalue weighted by Gasteiger charge is 2.24. The average molecular weight is 389 g/mol. The van der Waals surface area contributed by atoms with Crippen LogP contribution in [0.25, 0.3) is 0 Å². The standard InChI is InChI=1S/C21H28N2O3S/c1-2-3-14-26-18-8-6-17(7-9-18)21(25)23-12-10-22(11-13-23)16-19(24)20-5-4-15-27-20/h4-9,15,19,24H,2-3,10-14,16H2,1H3. The van der Waals surface area contributed by atoms with E-state index in [9.17, 15) is 9.90 Å². The Balaban J connectivity index is 1.46. The number of hydrogen-bond acceptors (Lipinski definition) is 5. The normalized spacial score (nSPS) is 16.3. The maximum atomic E-state index is 12.7. The second kappa shape index (κ2) is 9.88. The summed E-state index contributed by atoms with van der Waals surface area (Å²) in [6, 6.07) is 11.4. The van der Waals surface area contributed by atoms with Crippen LogP contribution in [0.15, 0.2) is 41.8 Å². The van der Waals surface area contributed by atoms with Crippen LogP contribution in [-0.4, -0.2) is 60.1 Å². The maximum Gasteiger partial charge on any atom is 0.253 e. The third-order valence-corrected chi connectivity index (χ3v) is 5.80. The molecular formula is C21H28N2O3S. The molecule has 1 atom stereocenters. The molecule has 1 aromatic carbocycles. The van der Waals surface area contributed by atoms with Crippen LogP contribution < -0.4 is 4.74 Å². The molecule has 5 nitrogen and oxygen atoms in total. The van der Waals surface area contributed by atoms with Gasteiger partial charge in [-0.3, -0.25) is 9.69 Å². The number of unbranched alkanes of at least 4 members (excludes halogenated alkanes) is 1. The number of β-amino-alcohol motifs (C(OH)–C–C–N with tert-alkyl or cyclic N) is 1. The van der Waals surface area contributed by atoms with Crippen molar-refractivity contribution < 1.29 is 14.6 Å². The Kier molecular flexibility index (Phi) is 7.26. The highest BCUT2D eigenvalue weighted by Crippen LogP contribution is 2.21. The van der Waals surface area contributed by atoms with E-state index < -0.39 is 6.10 Å². The molecule has 0 aliphatic carbocycles. The number of rotatable bonds is 8. The lowest BCUT2D eigenvalue weighted by Gasteiger charge is -2.35. The van der Waals surface area contributed by atoms with E-state index in [1.54, 1.807) is 11.3 Å². The Labute approximate surface area is 165 Å². The van der Waals surface area contributed by atoms with Crippen molar-refractivity contribution >= 4 is 17.2 Å². The van der Waals surface area contributed by atoms with E-state index in [1.807, 2.05) is 46.7 Å². The fourth-order valence-corrected chi connectivity index (χ4v) is 3.86. The zero-order valence-corrected chi connectivity index (χ0v) is 16.7. The Bertz CT molecular complexity index is 695. The summed E-state index contributed by atoms with van der Waals surface area (Å²) in [6.45, 7) is 6.40. The first-order chi connectivity index (χ1) is 13.2. The summed E-state index contributed by atoms with van der Waals surface area (Å²) in [6.07, 6.45) is 1.69. The van der Waals surface area contributed by atoms with Gasteiger partial charge in [-0.15, -0.1) is 11.3 Å². The molecule has 0 radical (unpaired) electrons. The second-order valence-electron chi connectivity index (χ2n) is 6.85. The van der Waals surface area contributed by atoms with E-state index in [1.165, 1.54) is 0 Å². The van der Waals surface area contributed by atoms with Crippen LogP contribution >= 0.6 is 11.3 Å². The zero-order chi connectivity index (χ0) is 19.1. The van der Waals surface area contributed by atoms with Crippen molar-refractivity contribution in [3.05, 3.63) is 52.2 Å². The van der Waals surface area contributed by atoms with Crippen LogP contribution in [0.2, 0.25) is 0 Å². The van der Waals surface area contributed by atoms with Crippen molar-refractivity contribution in [1.29, 1.82) is 0 Å². The molecule has 1 N–H and O–H groups in total. The van der Waals surface area contributed by atoms with Gasteiger partial charge < -0.3 is 14.7 Å². The minimum atomic E-state index is -0.451. The van der Waals surface area contributed by atoms with Gasteiger partial charge in [0, 0.05) is 43.2 Å². The molecule has 27 heavy (non-hydrogen) atoms. The summed E-state index contributed by atoms with van der Waals surface area (Å²) in [4.78, 5) is 17.8. The molecule has 0 spiro atoms. The lowest BCUT2D eigenvalue weighted by molar-refractivity contribution is 0.0533. The highest BCUT2D eigenvalue weighted by atomic mass is 32.1. The van der Waals surface area contributed by atoms with Crippen LogP contribution in [0, 0.1) is 0 Å². The molecule has 1 fully saturated rings. The topological polar surface area (TPSA) is 53.0 Å². The summed E-state index contributed by atoms with van der Waals surface area (Å²) < 4.78 is 5.65. The molecule has 2 heterocycles. The molecule has 1 aliphatic rings. The first-order valence-electron chi connectivity index (χ1n) is 9.63. The van der Waals surface area contributed by atoms with Crippen molar-refractivity contribution in [1.82, 2.24) is 9.80 Å². The van der Waals surface area contributed by atoms with E-state index in [4.69, 9.17) is 4.74 Å². The number of carbonyl (C=O) groups excluding carboxylic acids is 1. The van der Waals surface area contributed by atoms with Gasteiger partial charge in [0.2, 0.25) is 0 Å². The molecule has 6 heteroatoms. The smallest absolute Gasteiger partial charge is 0.253 e. The van der Waals surface area contributed by atoms with E-state index in [0.717, 1.165) is 36.6 Å². The average Bonchev–Trinajstić information content (AvgIpc) is 3.24. The lowest BCUT2D eigenvalue weighted by Crippen LogP contribution is -2.49. The highest BCUT2D eigenvalue weighted by molar-refractivity contribution is 7.10. The lowest BCUT2D eigenvalue weighted by atomic mass is 10.1. The second-order valence-corrected chi connectivity index (χ2v) is 7.83. The van der Waals surface area contributed by atoms with Crippen LogP contribution in [0.4, 0.5) is 0 Å². The summed E-state index contributed by atoms with van der Waals surface area (Å²) in [5.41, 5.74) is 0.699. The molecular weight excluding hydrogens is 360 g/mol. The van der Waals surface area contributed by atoms with Gasteiger partial charge in [0.1, 0.15) is 11.9 Å². The molecule has 0 saturated carbocycles. The molecule has 1 aliphatic heterocycles. The number of thiophene rings is 1. The van der Waals surface area contributed by atoms with Gasteiger partial charge in [-0.2, -0.15) is 0 Å². The number of benzene rings is 1. The summed E-state index contributed by atoms with van der Waals surface area (Å²) >= 11 is 1.58. The number of carbonyl (C=O) groups is 1. The van der Waals surface area contributed by atoms with Crippen molar-refractivity contribution in [3.63, 3.8) is 0 Å². The van der Waals surface area contributed by atoms with Crippen molar-refractivity contribution in [3.8, 4) is 5.75 Å². The van der Waals surface area contributed by atoms with Gasteiger partial charge >= 0.3 is 0 Å². The number of aliphatic hydroxyl groups is 1. The predicted molar refractivity (Wildman–Crippen MR) is 108 cm³/mol. The Hall–Kier alpha value is -1.89. The number of amides is 1. The molecule has 1 unspecified atom stereocenters. The quantitative estimate of drug-likeness (QED) is 0.704. The van der Waals surface area contributed by atoms with Crippen LogP contribution in [-0.2, 0) is 0 Å². The first-order valence-corrected chi connectivity index (χ1v) is 10.5.